The van der Waals surface area contributed by atoms with Crippen molar-refractivity contribution >= 4 is 0 Å². The Morgan fingerprint density at radius 3 is 2.74 bits per heavy atom. The molecule has 0 radical (unpaired) electrons. The first-order valence-corrected chi connectivity index (χ1v) is 7.41. The van der Waals surface area contributed by atoms with Crippen LogP contribution in [0.4, 0.5) is 0 Å². The molecular weight excluding hydrogens is 238 g/mol. The summed E-state index contributed by atoms with van der Waals surface area (Å²) in [6, 6.07) is 6.84. The summed E-state index contributed by atoms with van der Waals surface area (Å²) in [6.07, 6.45) is 6.43. The lowest BCUT2D eigenvalue weighted by atomic mass is 9.97. The number of benzene rings is 1. The molecule has 0 spiro atoms. The number of hydrogen-bond donors (Lipinski definition) is 1. The van der Waals surface area contributed by atoms with E-state index in [9.17, 15) is 0 Å². The molecule has 1 saturated heterocycles. The molecule has 1 aromatic rings. The number of rotatable bonds is 5. The highest BCUT2D eigenvalue weighted by atomic mass is 16.5. The Morgan fingerprint density at radius 2 is 2.05 bits per heavy atom. The van der Waals surface area contributed by atoms with Crippen molar-refractivity contribution in [1.82, 2.24) is 5.32 Å². The second-order valence-electron chi connectivity index (χ2n) is 5.67. The average molecular weight is 261 g/mol. The predicted octanol–water partition coefficient (Wildman–Crippen LogP) is 3.30. The van der Waals surface area contributed by atoms with E-state index < -0.39 is 0 Å². The first-order chi connectivity index (χ1) is 9.36. The van der Waals surface area contributed by atoms with Gasteiger partial charge < -0.3 is 14.8 Å². The summed E-state index contributed by atoms with van der Waals surface area (Å²) in [6.45, 7) is 1.95. The van der Waals surface area contributed by atoms with Gasteiger partial charge in [0.1, 0.15) is 0 Å². The molecule has 1 heterocycles. The van der Waals surface area contributed by atoms with E-state index in [4.69, 9.17) is 9.47 Å². The Morgan fingerprint density at radius 1 is 1.16 bits per heavy atom. The van der Waals surface area contributed by atoms with Crippen LogP contribution in [-0.2, 0) is 0 Å². The van der Waals surface area contributed by atoms with Crippen molar-refractivity contribution in [2.45, 2.75) is 38.1 Å². The van der Waals surface area contributed by atoms with Crippen molar-refractivity contribution in [3.05, 3.63) is 23.8 Å². The summed E-state index contributed by atoms with van der Waals surface area (Å²) in [7, 11) is 1.72. The van der Waals surface area contributed by atoms with Crippen LogP contribution in [0, 0.1) is 5.92 Å². The molecule has 2 aliphatic rings. The van der Waals surface area contributed by atoms with Crippen LogP contribution in [0.15, 0.2) is 18.2 Å². The highest BCUT2D eigenvalue weighted by Crippen LogP contribution is 2.35. The Bertz CT molecular complexity index is 423. The summed E-state index contributed by atoms with van der Waals surface area (Å²) in [5.74, 6) is 2.52. The molecule has 19 heavy (non-hydrogen) atoms. The lowest BCUT2D eigenvalue weighted by Crippen LogP contribution is -2.26. The van der Waals surface area contributed by atoms with Crippen molar-refractivity contribution in [3.63, 3.8) is 0 Å². The largest absolute Gasteiger partial charge is 0.493 e. The van der Waals surface area contributed by atoms with Crippen LogP contribution >= 0.6 is 0 Å². The minimum Gasteiger partial charge on any atom is -0.493 e. The van der Waals surface area contributed by atoms with Gasteiger partial charge >= 0.3 is 0 Å². The lowest BCUT2D eigenvalue weighted by molar-refractivity contribution is 0.280. The van der Waals surface area contributed by atoms with Crippen LogP contribution < -0.4 is 14.8 Å². The minimum atomic E-state index is 0.472. The van der Waals surface area contributed by atoms with Gasteiger partial charge in [-0.05, 0) is 55.8 Å². The molecule has 1 N–H and O–H groups in total. The van der Waals surface area contributed by atoms with Gasteiger partial charge in [-0.15, -0.1) is 0 Å². The van der Waals surface area contributed by atoms with Crippen molar-refractivity contribution in [3.8, 4) is 11.5 Å². The van der Waals surface area contributed by atoms with E-state index >= 15 is 0 Å². The van der Waals surface area contributed by atoms with Crippen LogP contribution in [0.2, 0.25) is 0 Å². The smallest absolute Gasteiger partial charge is 0.161 e. The quantitative estimate of drug-likeness (QED) is 0.882. The number of piperidine rings is 1. The molecule has 1 aliphatic carbocycles. The maximum Gasteiger partial charge on any atom is 0.161 e. The zero-order valence-electron chi connectivity index (χ0n) is 11.7. The summed E-state index contributed by atoms with van der Waals surface area (Å²) in [5.41, 5.74) is 1.32. The molecule has 1 aromatic carbocycles. The second kappa shape index (κ2) is 5.83. The Balaban J connectivity index is 1.71. The van der Waals surface area contributed by atoms with Gasteiger partial charge in [0, 0.05) is 6.04 Å². The van der Waals surface area contributed by atoms with E-state index in [2.05, 4.69) is 23.5 Å². The molecule has 1 saturated carbocycles. The fourth-order valence-corrected chi connectivity index (χ4v) is 2.65. The van der Waals surface area contributed by atoms with Gasteiger partial charge in [-0.1, -0.05) is 12.5 Å². The van der Waals surface area contributed by atoms with Crippen molar-refractivity contribution in [2.75, 3.05) is 20.3 Å². The predicted molar refractivity (Wildman–Crippen MR) is 75.8 cm³/mol. The van der Waals surface area contributed by atoms with Gasteiger partial charge in [-0.25, -0.2) is 0 Å². The monoisotopic (exact) mass is 261 g/mol. The molecule has 2 fully saturated rings. The number of nitrogens with one attached hydrogen (secondary N) is 1. The van der Waals surface area contributed by atoms with Gasteiger partial charge in [0.2, 0.25) is 0 Å². The van der Waals surface area contributed by atoms with Crippen LogP contribution in [0.1, 0.15) is 43.7 Å². The molecule has 0 bridgehead atoms. The van der Waals surface area contributed by atoms with E-state index in [-0.39, 0.29) is 0 Å². The van der Waals surface area contributed by atoms with Crippen LogP contribution in [-0.4, -0.2) is 20.3 Å². The molecule has 1 unspecified atom stereocenters. The lowest BCUT2D eigenvalue weighted by Gasteiger charge is -2.24. The average Bonchev–Trinajstić information content (AvgIpc) is 3.30. The third-order valence-corrected chi connectivity index (χ3v) is 4.07. The van der Waals surface area contributed by atoms with E-state index in [1.54, 1.807) is 7.11 Å². The van der Waals surface area contributed by atoms with Crippen LogP contribution in [0.3, 0.4) is 0 Å². The maximum atomic E-state index is 5.85. The first kappa shape index (κ1) is 12.8. The SMILES string of the molecule is COc1cc(C2CCCCN2)ccc1OCC1CC1. The normalized spacial score (nSPS) is 23.1. The molecule has 3 nitrogen and oxygen atoms in total. The Labute approximate surface area is 115 Å². The molecule has 1 aliphatic heterocycles. The summed E-state index contributed by atoms with van der Waals surface area (Å²) in [4.78, 5) is 0. The number of ether oxygens (including phenoxy) is 2. The Hall–Kier alpha value is -1.22. The molecule has 3 rings (SSSR count). The topological polar surface area (TPSA) is 30.5 Å². The third-order valence-electron chi connectivity index (χ3n) is 4.07. The second-order valence-corrected chi connectivity index (χ2v) is 5.67. The van der Waals surface area contributed by atoms with Gasteiger partial charge in [0.05, 0.1) is 13.7 Å². The summed E-state index contributed by atoms with van der Waals surface area (Å²) < 4.78 is 11.3. The third kappa shape index (κ3) is 3.21. The van der Waals surface area contributed by atoms with Crippen molar-refractivity contribution < 1.29 is 9.47 Å². The van der Waals surface area contributed by atoms with Gasteiger partial charge in [0.15, 0.2) is 11.5 Å². The minimum absolute atomic E-state index is 0.472. The van der Waals surface area contributed by atoms with E-state index in [0.29, 0.717) is 6.04 Å². The fourth-order valence-electron chi connectivity index (χ4n) is 2.65. The highest BCUT2D eigenvalue weighted by molar-refractivity contribution is 5.44. The zero-order valence-corrected chi connectivity index (χ0v) is 11.7. The Kier molecular flexibility index (Phi) is 3.92. The van der Waals surface area contributed by atoms with Crippen LogP contribution in [0.5, 0.6) is 11.5 Å². The van der Waals surface area contributed by atoms with Crippen molar-refractivity contribution in [1.29, 1.82) is 0 Å². The molecular formula is C16H23NO2. The first-order valence-electron chi connectivity index (χ1n) is 7.41. The van der Waals surface area contributed by atoms with Gasteiger partial charge in [-0.3, -0.25) is 0 Å². The molecule has 0 aromatic heterocycles. The summed E-state index contributed by atoms with van der Waals surface area (Å²) in [5, 5.41) is 3.57. The molecule has 0 amide bonds. The van der Waals surface area contributed by atoms with E-state index in [1.807, 2.05) is 0 Å². The zero-order chi connectivity index (χ0) is 13.1. The van der Waals surface area contributed by atoms with Crippen LogP contribution in [0.25, 0.3) is 0 Å². The summed E-state index contributed by atoms with van der Waals surface area (Å²) >= 11 is 0. The fraction of sp³-hybridized carbons (Fsp3) is 0.625. The van der Waals surface area contributed by atoms with E-state index in [1.165, 1.54) is 37.7 Å². The maximum absolute atomic E-state index is 5.85. The molecule has 3 heteroatoms. The molecule has 104 valence electrons. The number of methoxy groups -OCH3 is 1. The molecule has 1 atom stereocenters. The standard InChI is InChI=1S/C16H23NO2/c1-18-16-10-13(14-4-2-3-9-17-14)7-8-15(16)19-11-12-5-6-12/h7-8,10,12,14,17H,2-6,9,11H2,1H3. The number of hydrogen-bond acceptors (Lipinski definition) is 3. The highest BCUT2D eigenvalue weighted by Gasteiger charge is 2.23. The van der Waals surface area contributed by atoms with Crippen molar-refractivity contribution in [2.24, 2.45) is 5.92 Å². The van der Waals surface area contributed by atoms with Gasteiger partial charge in [0.25, 0.3) is 0 Å². The van der Waals surface area contributed by atoms with Gasteiger partial charge in [-0.2, -0.15) is 0 Å². The van der Waals surface area contributed by atoms with E-state index in [0.717, 1.165) is 30.6 Å².